The van der Waals surface area contributed by atoms with E-state index < -0.39 is 0 Å². The summed E-state index contributed by atoms with van der Waals surface area (Å²) >= 11 is 7.58. The third kappa shape index (κ3) is 3.99. The summed E-state index contributed by atoms with van der Waals surface area (Å²) in [6.07, 6.45) is 0. The highest BCUT2D eigenvalue weighted by atomic mass is 35.5. The van der Waals surface area contributed by atoms with Gasteiger partial charge in [0.2, 0.25) is 5.89 Å². The van der Waals surface area contributed by atoms with Crippen LogP contribution in [0.25, 0.3) is 10.8 Å². The Kier molecular flexibility index (Phi) is 5.36. The largest absolute Gasteiger partial charge is 0.418 e. The van der Waals surface area contributed by atoms with E-state index >= 15 is 0 Å². The number of nitrogens with zero attached hydrogens (tertiary/aromatic N) is 4. The van der Waals surface area contributed by atoms with Crippen LogP contribution in [0.1, 0.15) is 24.4 Å². The van der Waals surface area contributed by atoms with Crippen LogP contribution in [-0.4, -0.2) is 46.2 Å². The second-order valence-corrected chi connectivity index (χ2v) is 7.92. The van der Waals surface area contributed by atoms with Crippen LogP contribution in [0.3, 0.4) is 0 Å². The van der Waals surface area contributed by atoms with Gasteiger partial charge in [-0.15, -0.1) is 21.5 Å². The van der Waals surface area contributed by atoms with Gasteiger partial charge >= 0.3 is 0 Å². The van der Waals surface area contributed by atoms with Gasteiger partial charge in [-0.1, -0.05) is 29.8 Å². The standard InChI is InChI=1S/C19H21ClN4OS/c1-14(18-21-22-19(25-18)17-3-2-12-26-17)24-10-8-23(9-11-24)13-15-4-6-16(20)7-5-15/h2-7,12,14H,8-11,13H2,1H3. The molecular weight excluding hydrogens is 368 g/mol. The summed E-state index contributed by atoms with van der Waals surface area (Å²) in [6, 6.07) is 12.2. The number of aromatic nitrogens is 2. The van der Waals surface area contributed by atoms with Crippen LogP contribution in [0.5, 0.6) is 0 Å². The molecule has 0 bridgehead atoms. The molecule has 0 saturated carbocycles. The van der Waals surface area contributed by atoms with Crippen molar-refractivity contribution in [3.8, 4) is 10.8 Å². The van der Waals surface area contributed by atoms with Gasteiger partial charge in [0.1, 0.15) is 0 Å². The quantitative estimate of drug-likeness (QED) is 0.651. The molecule has 0 aliphatic carbocycles. The summed E-state index contributed by atoms with van der Waals surface area (Å²) < 4.78 is 5.90. The average molecular weight is 389 g/mol. The summed E-state index contributed by atoms with van der Waals surface area (Å²) in [5.41, 5.74) is 1.30. The monoisotopic (exact) mass is 388 g/mol. The molecule has 0 spiro atoms. The predicted octanol–water partition coefficient (Wildman–Crippen LogP) is 4.33. The number of hydrogen-bond donors (Lipinski definition) is 0. The first-order valence-electron chi connectivity index (χ1n) is 8.77. The van der Waals surface area contributed by atoms with Gasteiger partial charge in [-0.3, -0.25) is 9.80 Å². The molecule has 3 heterocycles. The fraction of sp³-hybridized carbons (Fsp3) is 0.368. The lowest BCUT2D eigenvalue weighted by molar-refractivity contribution is 0.0876. The third-order valence-corrected chi connectivity index (χ3v) is 5.91. The SMILES string of the molecule is CC(c1nnc(-c2cccs2)o1)N1CCN(Cc2ccc(Cl)cc2)CC1. The van der Waals surface area contributed by atoms with Gasteiger partial charge in [0.25, 0.3) is 5.89 Å². The van der Waals surface area contributed by atoms with Crippen LogP contribution in [-0.2, 0) is 6.54 Å². The number of thiophene rings is 1. The van der Waals surface area contributed by atoms with E-state index in [4.69, 9.17) is 16.0 Å². The van der Waals surface area contributed by atoms with Crippen LogP contribution in [0.4, 0.5) is 0 Å². The first-order valence-corrected chi connectivity index (χ1v) is 10.0. The second-order valence-electron chi connectivity index (χ2n) is 6.54. The van der Waals surface area contributed by atoms with Crippen LogP contribution in [0.2, 0.25) is 5.02 Å². The average Bonchev–Trinajstić information content (AvgIpc) is 3.35. The first-order chi connectivity index (χ1) is 12.7. The predicted molar refractivity (Wildman–Crippen MR) is 104 cm³/mol. The molecule has 136 valence electrons. The van der Waals surface area contributed by atoms with E-state index in [0.717, 1.165) is 42.6 Å². The van der Waals surface area contributed by atoms with Crippen molar-refractivity contribution in [2.75, 3.05) is 26.2 Å². The van der Waals surface area contributed by atoms with E-state index in [1.54, 1.807) is 11.3 Å². The van der Waals surface area contributed by atoms with Gasteiger partial charge in [0, 0.05) is 37.7 Å². The fourth-order valence-electron chi connectivity index (χ4n) is 3.22. The highest BCUT2D eigenvalue weighted by molar-refractivity contribution is 7.13. The molecule has 1 aliphatic heterocycles. The van der Waals surface area contributed by atoms with E-state index in [1.807, 2.05) is 29.6 Å². The van der Waals surface area contributed by atoms with Crippen LogP contribution in [0.15, 0.2) is 46.2 Å². The zero-order chi connectivity index (χ0) is 17.9. The van der Waals surface area contributed by atoms with Gasteiger partial charge in [0.05, 0.1) is 10.9 Å². The zero-order valence-electron chi connectivity index (χ0n) is 14.6. The van der Waals surface area contributed by atoms with Crippen molar-refractivity contribution in [3.05, 3.63) is 58.3 Å². The molecule has 2 aromatic heterocycles. The molecule has 1 aromatic carbocycles. The maximum atomic E-state index is 5.96. The van der Waals surface area contributed by atoms with Gasteiger partial charge in [0.15, 0.2) is 0 Å². The zero-order valence-corrected chi connectivity index (χ0v) is 16.2. The van der Waals surface area contributed by atoms with E-state index in [0.29, 0.717) is 11.8 Å². The summed E-state index contributed by atoms with van der Waals surface area (Å²) in [7, 11) is 0. The number of halogens is 1. The molecular formula is C19H21ClN4OS. The molecule has 5 nitrogen and oxygen atoms in total. The lowest BCUT2D eigenvalue weighted by Gasteiger charge is -2.36. The summed E-state index contributed by atoms with van der Waals surface area (Å²) in [5, 5.41) is 11.3. The summed E-state index contributed by atoms with van der Waals surface area (Å²) in [5.74, 6) is 1.31. The van der Waals surface area contributed by atoms with Crippen molar-refractivity contribution >= 4 is 22.9 Å². The lowest BCUT2D eigenvalue weighted by atomic mass is 10.2. The summed E-state index contributed by atoms with van der Waals surface area (Å²) in [6.45, 7) is 7.14. The molecule has 0 amide bonds. The molecule has 1 unspecified atom stereocenters. The molecule has 1 aliphatic rings. The lowest BCUT2D eigenvalue weighted by Crippen LogP contribution is -2.46. The molecule has 26 heavy (non-hydrogen) atoms. The summed E-state index contributed by atoms with van der Waals surface area (Å²) in [4.78, 5) is 5.89. The van der Waals surface area contributed by atoms with Crippen LogP contribution < -0.4 is 0 Å². The molecule has 1 saturated heterocycles. The Bertz CT molecular complexity index is 826. The van der Waals surface area contributed by atoms with Crippen molar-refractivity contribution in [1.29, 1.82) is 0 Å². The minimum Gasteiger partial charge on any atom is -0.418 e. The van der Waals surface area contributed by atoms with Gasteiger partial charge in [-0.25, -0.2) is 0 Å². The molecule has 1 fully saturated rings. The van der Waals surface area contributed by atoms with E-state index in [-0.39, 0.29) is 6.04 Å². The number of benzene rings is 1. The number of rotatable bonds is 5. The van der Waals surface area contributed by atoms with Crippen LogP contribution >= 0.6 is 22.9 Å². The Hall–Kier alpha value is -1.73. The van der Waals surface area contributed by atoms with Crippen molar-refractivity contribution in [2.45, 2.75) is 19.5 Å². The minimum atomic E-state index is 0.133. The molecule has 1 atom stereocenters. The van der Waals surface area contributed by atoms with E-state index in [2.05, 4.69) is 39.1 Å². The Morgan fingerprint density at radius 3 is 2.58 bits per heavy atom. The van der Waals surface area contributed by atoms with Crippen LogP contribution in [0, 0.1) is 0 Å². The topological polar surface area (TPSA) is 45.4 Å². The highest BCUT2D eigenvalue weighted by Gasteiger charge is 2.26. The van der Waals surface area contributed by atoms with Gasteiger partial charge in [-0.05, 0) is 36.1 Å². The maximum absolute atomic E-state index is 5.96. The van der Waals surface area contributed by atoms with Crippen molar-refractivity contribution in [2.24, 2.45) is 0 Å². The van der Waals surface area contributed by atoms with E-state index in [9.17, 15) is 0 Å². The maximum Gasteiger partial charge on any atom is 0.257 e. The Labute approximate surface area is 162 Å². The molecule has 4 rings (SSSR count). The van der Waals surface area contributed by atoms with E-state index in [1.165, 1.54) is 5.56 Å². The molecule has 0 N–H and O–H groups in total. The Balaban J connectivity index is 1.33. The Morgan fingerprint density at radius 1 is 1.12 bits per heavy atom. The molecule has 3 aromatic rings. The van der Waals surface area contributed by atoms with Crippen molar-refractivity contribution < 1.29 is 4.42 Å². The highest BCUT2D eigenvalue weighted by Crippen LogP contribution is 2.27. The van der Waals surface area contributed by atoms with Crippen molar-refractivity contribution in [3.63, 3.8) is 0 Å². The molecule has 7 heteroatoms. The molecule has 0 radical (unpaired) electrons. The second kappa shape index (κ2) is 7.88. The fourth-order valence-corrected chi connectivity index (χ4v) is 3.99. The third-order valence-electron chi connectivity index (χ3n) is 4.80. The first kappa shape index (κ1) is 17.7. The van der Waals surface area contributed by atoms with Crippen molar-refractivity contribution in [1.82, 2.24) is 20.0 Å². The number of piperazine rings is 1. The smallest absolute Gasteiger partial charge is 0.257 e. The minimum absolute atomic E-state index is 0.133. The van der Waals surface area contributed by atoms with Gasteiger partial charge < -0.3 is 4.42 Å². The normalized spacial score (nSPS) is 17.5. The number of hydrogen-bond acceptors (Lipinski definition) is 6. The Morgan fingerprint density at radius 2 is 1.88 bits per heavy atom. The van der Waals surface area contributed by atoms with Gasteiger partial charge in [-0.2, -0.15) is 0 Å².